The Morgan fingerprint density at radius 2 is 2.43 bits per heavy atom. The lowest BCUT2D eigenvalue weighted by Gasteiger charge is -2.34. The van der Waals surface area contributed by atoms with E-state index in [1.54, 1.807) is 0 Å². The summed E-state index contributed by atoms with van der Waals surface area (Å²) in [5.74, 6) is -0.224. The lowest BCUT2D eigenvalue weighted by atomic mass is 10.2. The predicted octanol–water partition coefficient (Wildman–Crippen LogP) is 0.784. The summed E-state index contributed by atoms with van der Waals surface area (Å²) in [6.07, 6.45) is 0.258. The van der Waals surface area contributed by atoms with Crippen LogP contribution in [0.15, 0.2) is 12.3 Å². The number of rotatable bonds is 3. The Morgan fingerprint density at radius 3 is 3.00 bits per heavy atom. The minimum atomic E-state index is -0.224. The maximum Gasteiger partial charge on any atom is 0.308 e. The Kier molecular flexibility index (Phi) is 3.95. The molecule has 0 aliphatic carbocycles. The number of carbonyl (C=O) groups excluding carboxylic acids is 1. The molecule has 0 bridgehead atoms. The molecule has 0 radical (unpaired) electrons. The lowest BCUT2D eigenvalue weighted by molar-refractivity contribution is -0.145. The summed E-state index contributed by atoms with van der Waals surface area (Å²) in [7, 11) is 1.39. The molecule has 0 aromatic heterocycles. The van der Waals surface area contributed by atoms with Gasteiger partial charge in [-0.1, -0.05) is 6.58 Å². The molecule has 0 aromatic carbocycles. The Balaban J connectivity index is 2.40. The molecular weight excluding hydrogens is 182 g/mol. The van der Waals surface area contributed by atoms with Crippen LogP contribution in [0.4, 0.5) is 0 Å². The van der Waals surface area contributed by atoms with Gasteiger partial charge in [0, 0.05) is 18.8 Å². The molecule has 1 aliphatic heterocycles. The second-order valence-electron chi connectivity index (χ2n) is 3.45. The van der Waals surface area contributed by atoms with E-state index < -0.39 is 0 Å². The van der Waals surface area contributed by atoms with Gasteiger partial charge in [0.2, 0.25) is 0 Å². The van der Waals surface area contributed by atoms with Crippen molar-refractivity contribution >= 4 is 5.97 Å². The van der Waals surface area contributed by atoms with E-state index in [0.29, 0.717) is 13.0 Å². The van der Waals surface area contributed by atoms with Crippen molar-refractivity contribution < 1.29 is 14.3 Å². The van der Waals surface area contributed by atoms with Crippen molar-refractivity contribution in [1.82, 2.24) is 4.90 Å². The molecule has 0 saturated carbocycles. The van der Waals surface area contributed by atoms with Crippen molar-refractivity contribution in [2.75, 3.05) is 26.8 Å². The largest absolute Gasteiger partial charge is 0.469 e. The van der Waals surface area contributed by atoms with Gasteiger partial charge in [-0.15, -0.1) is 0 Å². The van der Waals surface area contributed by atoms with Gasteiger partial charge in [0.1, 0.15) is 0 Å². The van der Waals surface area contributed by atoms with Gasteiger partial charge in [-0.25, -0.2) is 0 Å². The molecule has 4 heteroatoms. The van der Waals surface area contributed by atoms with Crippen LogP contribution in [0, 0.1) is 0 Å². The topological polar surface area (TPSA) is 38.8 Å². The van der Waals surface area contributed by atoms with Crippen LogP contribution in [-0.4, -0.2) is 43.8 Å². The molecule has 1 aliphatic rings. The Morgan fingerprint density at radius 1 is 1.71 bits per heavy atom. The highest BCUT2D eigenvalue weighted by Crippen LogP contribution is 2.12. The predicted molar refractivity (Wildman–Crippen MR) is 52.8 cm³/mol. The minimum Gasteiger partial charge on any atom is -0.469 e. The highest BCUT2D eigenvalue weighted by molar-refractivity contribution is 5.69. The van der Waals surface area contributed by atoms with Gasteiger partial charge in [-0.2, -0.15) is 0 Å². The van der Waals surface area contributed by atoms with Crippen LogP contribution in [0.25, 0.3) is 0 Å². The average Bonchev–Trinajstić information content (AvgIpc) is 2.18. The van der Waals surface area contributed by atoms with E-state index in [0.717, 1.165) is 18.8 Å². The van der Waals surface area contributed by atoms with Crippen LogP contribution >= 0.6 is 0 Å². The van der Waals surface area contributed by atoms with Crippen LogP contribution in [0.2, 0.25) is 0 Å². The summed E-state index contributed by atoms with van der Waals surface area (Å²) in [5, 5.41) is 0. The van der Waals surface area contributed by atoms with E-state index in [1.165, 1.54) is 7.11 Å². The molecule has 0 spiro atoms. The lowest BCUT2D eigenvalue weighted by Crippen LogP contribution is -2.42. The second-order valence-corrected chi connectivity index (χ2v) is 3.45. The van der Waals surface area contributed by atoms with Crippen LogP contribution < -0.4 is 0 Å². The number of morpholine rings is 1. The highest BCUT2D eigenvalue weighted by Gasteiger charge is 2.22. The highest BCUT2D eigenvalue weighted by atomic mass is 16.5. The van der Waals surface area contributed by atoms with E-state index in [9.17, 15) is 4.79 Å². The van der Waals surface area contributed by atoms with E-state index in [-0.39, 0.29) is 12.1 Å². The summed E-state index contributed by atoms with van der Waals surface area (Å²) in [5.41, 5.74) is 1.02. The van der Waals surface area contributed by atoms with Crippen molar-refractivity contribution in [3.8, 4) is 0 Å². The smallest absolute Gasteiger partial charge is 0.308 e. The van der Waals surface area contributed by atoms with Gasteiger partial charge in [0.05, 0.1) is 26.2 Å². The second kappa shape index (κ2) is 5.00. The monoisotopic (exact) mass is 199 g/mol. The third kappa shape index (κ3) is 3.03. The Labute approximate surface area is 84.5 Å². The van der Waals surface area contributed by atoms with Gasteiger partial charge in [-0.05, 0) is 6.92 Å². The number of hydrogen-bond acceptors (Lipinski definition) is 4. The normalized spacial score (nSPS) is 21.9. The summed E-state index contributed by atoms with van der Waals surface area (Å²) in [4.78, 5) is 13.1. The van der Waals surface area contributed by atoms with Crippen molar-refractivity contribution in [1.29, 1.82) is 0 Å². The molecule has 14 heavy (non-hydrogen) atoms. The number of carbonyl (C=O) groups is 1. The molecule has 1 fully saturated rings. The Bertz CT molecular complexity index is 227. The molecule has 1 heterocycles. The fraction of sp³-hybridized carbons (Fsp3) is 0.700. The first-order chi connectivity index (χ1) is 6.63. The number of esters is 1. The van der Waals surface area contributed by atoms with E-state index in [1.807, 2.05) is 6.92 Å². The molecule has 80 valence electrons. The quantitative estimate of drug-likeness (QED) is 0.630. The van der Waals surface area contributed by atoms with E-state index in [4.69, 9.17) is 4.74 Å². The van der Waals surface area contributed by atoms with Crippen molar-refractivity contribution in [2.45, 2.75) is 19.4 Å². The number of nitrogens with zero attached hydrogens (tertiary/aromatic N) is 1. The number of ether oxygens (including phenoxy) is 2. The molecule has 1 unspecified atom stereocenters. The van der Waals surface area contributed by atoms with Gasteiger partial charge < -0.3 is 14.4 Å². The van der Waals surface area contributed by atoms with Crippen LogP contribution in [0.1, 0.15) is 13.3 Å². The number of allylic oxidation sites excluding steroid dienone is 1. The summed E-state index contributed by atoms with van der Waals surface area (Å²) in [6.45, 7) is 8.05. The zero-order valence-electron chi connectivity index (χ0n) is 8.78. The molecule has 4 nitrogen and oxygen atoms in total. The number of methoxy groups -OCH3 is 1. The zero-order chi connectivity index (χ0) is 10.6. The maximum absolute atomic E-state index is 11.0. The SMILES string of the molecule is C=C(C)N1CCOC(CC(=O)OC)C1. The van der Waals surface area contributed by atoms with Crippen LogP contribution in [0.5, 0.6) is 0 Å². The zero-order valence-corrected chi connectivity index (χ0v) is 8.78. The van der Waals surface area contributed by atoms with Gasteiger partial charge in [-0.3, -0.25) is 4.79 Å². The van der Waals surface area contributed by atoms with Gasteiger partial charge >= 0.3 is 5.97 Å². The standard InChI is InChI=1S/C10H17NO3/c1-8(2)11-4-5-14-9(7-11)6-10(12)13-3/h9H,1,4-7H2,2-3H3. The van der Waals surface area contributed by atoms with E-state index >= 15 is 0 Å². The molecule has 1 saturated heterocycles. The van der Waals surface area contributed by atoms with Crippen molar-refractivity contribution in [3.63, 3.8) is 0 Å². The molecule has 0 N–H and O–H groups in total. The third-order valence-electron chi connectivity index (χ3n) is 2.30. The number of hydrogen-bond donors (Lipinski definition) is 0. The summed E-state index contributed by atoms with van der Waals surface area (Å²) < 4.78 is 10.0. The first-order valence-electron chi connectivity index (χ1n) is 4.72. The first kappa shape index (κ1) is 11.0. The van der Waals surface area contributed by atoms with Crippen LogP contribution in [0.3, 0.4) is 0 Å². The molecule has 0 amide bonds. The van der Waals surface area contributed by atoms with Crippen molar-refractivity contribution in [3.05, 3.63) is 12.3 Å². The third-order valence-corrected chi connectivity index (χ3v) is 2.30. The molecule has 0 aromatic rings. The molecule has 1 rings (SSSR count). The summed E-state index contributed by atoms with van der Waals surface area (Å²) in [6, 6.07) is 0. The first-order valence-corrected chi connectivity index (χ1v) is 4.72. The van der Waals surface area contributed by atoms with Crippen LogP contribution in [-0.2, 0) is 14.3 Å². The Hall–Kier alpha value is -1.03. The fourth-order valence-corrected chi connectivity index (χ4v) is 1.46. The minimum absolute atomic E-state index is 0.0621. The van der Waals surface area contributed by atoms with E-state index in [2.05, 4.69) is 16.2 Å². The average molecular weight is 199 g/mol. The maximum atomic E-state index is 11.0. The molecule has 1 atom stereocenters. The summed E-state index contributed by atoms with van der Waals surface area (Å²) >= 11 is 0. The fourth-order valence-electron chi connectivity index (χ4n) is 1.46. The molecular formula is C10H17NO3. The van der Waals surface area contributed by atoms with Crippen molar-refractivity contribution in [2.24, 2.45) is 0 Å². The van der Waals surface area contributed by atoms with Gasteiger partial charge in [0.15, 0.2) is 0 Å². The van der Waals surface area contributed by atoms with Gasteiger partial charge in [0.25, 0.3) is 0 Å².